The molecule has 2 heterocycles. The summed E-state index contributed by atoms with van der Waals surface area (Å²) in [6.45, 7) is 0.236. The van der Waals surface area contributed by atoms with Crippen LogP contribution in [0.1, 0.15) is 16.1 Å². The molecule has 1 aliphatic heterocycles. The molecule has 2 aromatic carbocycles. The van der Waals surface area contributed by atoms with Gasteiger partial charge in [0.1, 0.15) is 12.1 Å². The number of carbonyl (C=O) groups is 3. The van der Waals surface area contributed by atoms with Gasteiger partial charge in [-0.05, 0) is 29.8 Å². The van der Waals surface area contributed by atoms with Crippen LogP contribution in [0, 0.1) is 0 Å². The molecule has 1 fully saturated rings. The van der Waals surface area contributed by atoms with E-state index in [1.165, 1.54) is 9.80 Å². The molecular weight excluding hydrogens is 374 g/mol. The molecule has 0 atom stereocenters. The highest BCUT2D eigenvalue weighted by atomic mass is 16.3. The van der Waals surface area contributed by atoms with E-state index in [1.807, 2.05) is 0 Å². The average molecular weight is 391 g/mol. The van der Waals surface area contributed by atoms with Crippen LogP contribution in [0.3, 0.4) is 0 Å². The summed E-state index contributed by atoms with van der Waals surface area (Å²) in [5, 5.41) is 3.08. The Morgan fingerprint density at radius 1 is 1.07 bits per heavy atom. The van der Waals surface area contributed by atoms with Crippen LogP contribution in [-0.2, 0) is 11.3 Å². The van der Waals surface area contributed by atoms with E-state index < -0.39 is 5.91 Å². The third-order valence-electron chi connectivity index (χ3n) is 4.64. The van der Waals surface area contributed by atoms with Crippen molar-refractivity contribution in [2.75, 3.05) is 18.9 Å². The predicted molar refractivity (Wildman–Crippen MR) is 105 cm³/mol. The molecule has 146 valence electrons. The third kappa shape index (κ3) is 3.60. The Labute approximate surface area is 165 Å². The van der Waals surface area contributed by atoms with Crippen LogP contribution in [0.5, 0.6) is 0 Å². The molecule has 0 unspecified atom stereocenters. The number of hydrogen-bond donors (Lipinski definition) is 1. The highest BCUT2D eigenvalue weighted by Crippen LogP contribution is 2.17. The number of fused-ring (bicyclic) bond motifs is 1. The number of imide groups is 1. The molecule has 0 spiro atoms. The molecule has 3 aromatic rings. The minimum absolute atomic E-state index is 0.0733. The molecule has 1 saturated heterocycles. The monoisotopic (exact) mass is 391 g/mol. The summed E-state index contributed by atoms with van der Waals surface area (Å²) >= 11 is 0. The van der Waals surface area contributed by atoms with E-state index in [0.717, 1.165) is 11.6 Å². The Kier molecular flexibility index (Phi) is 4.59. The van der Waals surface area contributed by atoms with E-state index in [1.54, 1.807) is 55.6 Å². The van der Waals surface area contributed by atoms with Gasteiger partial charge < -0.3 is 14.6 Å². The first-order valence-electron chi connectivity index (χ1n) is 8.91. The van der Waals surface area contributed by atoms with Crippen molar-refractivity contribution in [3.8, 4) is 0 Å². The van der Waals surface area contributed by atoms with Crippen molar-refractivity contribution in [1.29, 1.82) is 0 Å². The van der Waals surface area contributed by atoms with Crippen molar-refractivity contribution < 1.29 is 18.8 Å². The zero-order valence-electron chi connectivity index (χ0n) is 15.5. The molecule has 1 aliphatic rings. The molecule has 0 bridgehead atoms. The molecule has 4 rings (SSSR count). The van der Waals surface area contributed by atoms with Crippen LogP contribution >= 0.6 is 0 Å². The zero-order valence-corrected chi connectivity index (χ0v) is 15.5. The molecule has 0 radical (unpaired) electrons. The highest BCUT2D eigenvalue weighted by molar-refractivity contribution is 6.03. The SMILES string of the molecule is CN1CC(=O)N(Cc2ccc(NC(=O)c3cc(=O)c4ccccc4o3)cc2)C1=O. The number of amides is 4. The van der Waals surface area contributed by atoms with Gasteiger partial charge in [-0.15, -0.1) is 0 Å². The number of para-hydroxylation sites is 1. The summed E-state index contributed by atoms with van der Waals surface area (Å²) in [5.41, 5.74) is 1.28. The van der Waals surface area contributed by atoms with Crippen molar-refractivity contribution in [2.45, 2.75) is 6.54 Å². The van der Waals surface area contributed by atoms with Gasteiger partial charge in [-0.3, -0.25) is 19.3 Å². The maximum atomic E-state index is 12.4. The van der Waals surface area contributed by atoms with Gasteiger partial charge >= 0.3 is 6.03 Å². The number of nitrogens with zero attached hydrogens (tertiary/aromatic N) is 2. The van der Waals surface area contributed by atoms with E-state index in [-0.39, 0.29) is 36.2 Å². The Bertz CT molecular complexity index is 1180. The normalized spacial score (nSPS) is 14.0. The van der Waals surface area contributed by atoms with Crippen LogP contribution < -0.4 is 10.7 Å². The van der Waals surface area contributed by atoms with Crippen molar-refractivity contribution in [3.05, 3.63) is 76.1 Å². The molecule has 0 saturated carbocycles. The average Bonchev–Trinajstić information content (AvgIpc) is 2.95. The molecule has 1 N–H and O–H groups in total. The maximum absolute atomic E-state index is 12.4. The van der Waals surface area contributed by atoms with Crippen LogP contribution in [0.4, 0.5) is 10.5 Å². The fourth-order valence-corrected chi connectivity index (χ4v) is 3.11. The van der Waals surface area contributed by atoms with E-state index in [9.17, 15) is 19.2 Å². The smallest absolute Gasteiger partial charge is 0.327 e. The predicted octanol–water partition coefficient (Wildman–Crippen LogP) is 2.44. The largest absolute Gasteiger partial charge is 0.451 e. The standard InChI is InChI=1S/C21H17N3O5/c1-23-12-19(26)24(21(23)28)11-13-6-8-14(9-7-13)22-20(27)18-10-16(25)15-4-2-3-5-17(15)29-18/h2-10H,11-12H2,1H3,(H,22,27). The van der Waals surface area contributed by atoms with Gasteiger partial charge in [-0.2, -0.15) is 0 Å². The molecule has 0 aliphatic carbocycles. The van der Waals surface area contributed by atoms with Crippen molar-refractivity contribution in [2.24, 2.45) is 0 Å². The molecular formula is C21H17N3O5. The van der Waals surface area contributed by atoms with Crippen molar-refractivity contribution in [3.63, 3.8) is 0 Å². The summed E-state index contributed by atoms with van der Waals surface area (Å²) in [7, 11) is 1.57. The fourth-order valence-electron chi connectivity index (χ4n) is 3.11. The number of benzene rings is 2. The van der Waals surface area contributed by atoms with Crippen LogP contribution in [-0.4, -0.2) is 41.2 Å². The number of likely N-dealkylation sites (N-methyl/N-ethyl adjacent to an activating group) is 1. The lowest BCUT2D eigenvalue weighted by molar-refractivity contribution is -0.125. The first-order chi connectivity index (χ1) is 13.9. The molecule has 1 aromatic heterocycles. The Hall–Kier alpha value is -3.94. The Morgan fingerprint density at radius 3 is 2.48 bits per heavy atom. The van der Waals surface area contributed by atoms with Gasteiger partial charge in [0.05, 0.1) is 11.9 Å². The van der Waals surface area contributed by atoms with E-state index in [4.69, 9.17) is 4.42 Å². The highest BCUT2D eigenvalue weighted by Gasteiger charge is 2.33. The third-order valence-corrected chi connectivity index (χ3v) is 4.64. The first-order valence-corrected chi connectivity index (χ1v) is 8.91. The topological polar surface area (TPSA) is 99.9 Å². The number of urea groups is 1. The summed E-state index contributed by atoms with van der Waals surface area (Å²) in [6.07, 6.45) is 0. The molecule has 29 heavy (non-hydrogen) atoms. The Morgan fingerprint density at radius 2 is 1.79 bits per heavy atom. The molecule has 4 amide bonds. The number of hydrogen-bond acceptors (Lipinski definition) is 5. The van der Waals surface area contributed by atoms with Crippen LogP contribution in [0.15, 0.2) is 63.8 Å². The number of rotatable bonds is 4. The first kappa shape index (κ1) is 18.4. The van der Waals surface area contributed by atoms with Gasteiger partial charge in [0, 0.05) is 18.8 Å². The minimum Gasteiger partial charge on any atom is -0.451 e. The minimum atomic E-state index is -0.549. The van der Waals surface area contributed by atoms with E-state index >= 15 is 0 Å². The van der Waals surface area contributed by atoms with Gasteiger partial charge in [-0.1, -0.05) is 24.3 Å². The number of anilines is 1. The number of carbonyl (C=O) groups excluding carboxylic acids is 3. The van der Waals surface area contributed by atoms with E-state index in [0.29, 0.717) is 16.7 Å². The van der Waals surface area contributed by atoms with Crippen LogP contribution in [0.2, 0.25) is 0 Å². The summed E-state index contributed by atoms with van der Waals surface area (Å²) in [6, 6.07) is 14.3. The second kappa shape index (κ2) is 7.23. The van der Waals surface area contributed by atoms with Gasteiger partial charge in [0.15, 0.2) is 11.2 Å². The fraction of sp³-hybridized carbons (Fsp3) is 0.143. The molecule has 8 heteroatoms. The zero-order chi connectivity index (χ0) is 20.5. The lowest BCUT2D eigenvalue weighted by Crippen LogP contribution is -2.31. The Balaban J connectivity index is 1.48. The van der Waals surface area contributed by atoms with Crippen molar-refractivity contribution >= 4 is 34.5 Å². The van der Waals surface area contributed by atoms with Gasteiger partial charge in [0.2, 0.25) is 0 Å². The van der Waals surface area contributed by atoms with E-state index in [2.05, 4.69) is 5.32 Å². The molecule has 8 nitrogen and oxygen atoms in total. The van der Waals surface area contributed by atoms with Gasteiger partial charge in [-0.25, -0.2) is 4.79 Å². The van der Waals surface area contributed by atoms with Crippen LogP contribution in [0.25, 0.3) is 11.0 Å². The van der Waals surface area contributed by atoms with Gasteiger partial charge in [0.25, 0.3) is 11.8 Å². The maximum Gasteiger partial charge on any atom is 0.327 e. The second-order valence-corrected chi connectivity index (χ2v) is 6.74. The van der Waals surface area contributed by atoms with Crippen molar-refractivity contribution in [1.82, 2.24) is 9.80 Å². The lowest BCUT2D eigenvalue weighted by atomic mass is 10.2. The summed E-state index contributed by atoms with van der Waals surface area (Å²) in [5.74, 6) is -0.887. The second-order valence-electron chi connectivity index (χ2n) is 6.74. The quantitative estimate of drug-likeness (QED) is 0.689. The lowest BCUT2D eigenvalue weighted by Gasteiger charge is -2.14. The summed E-state index contributed by atoms with van der Waals surface area (Å²) < 4.78 is 5.52. The summed E-state index contributed by atoms with van der Waals surface area (Å²) in [4.78, 5) is 50.9. The number of nitrogens with one attached hydrogen (secondary N) is 1.